The van der Waals surface area contributed by atoms with Crippen molar-refractivity contribution in [2.75, 3.05) is 13.2 Å². The van der Waals surface area contributed by atoms with Crippen LogP contribution in [0.15, 0.2) is 39.0 Å². The Hall–Kier alpha value is -3.57. The molecule has 0 radical (unpaired) electrons. The van der Waals surface area contributed by atoms with Crippen molar-refractivity contribution in [3.05, 3.63) is 56.2 Å². The number of benzene rings is 1. The van der Waals surface area contributed by atoms with Crippen LogP contribution in [0.3, 0.4) is 0 Å². The molecule has 160 valence electrons. The molecule has 0 unspecified atom stereocenters. The van der Waals surface area contributed by atoms with E-state index in [4.69, 9.17) is 14.3 Å². The van der Waals surface area contributed by atoms with Crippen LogP contribution in [0.5, 0.6) is 11.6 Å². The Morgan fingerprint density at radius 1 is 1.17 bits per heavy atom. The molecule has 0 spiro atoms. The van der Waals surface area contributed by atoms with Crippen LogP contribution in [0.1, 0.15) is 15.9 Å². The third-order valence-corrected chi connectivity index (χ3v) is 4.23. The van der Waals surface area contributed by atoms with Gasteiger partial charge in [-0.05, 0) is 18.2 Å². The number of nitrogens with zero attached hydrogens (tertiary/aromatic N) is 3. The Morgan fingerprint density at radius 2 is 1.90 bits per heavy atom. The summed E-state index contributed by atoms with van der Waals surface area (Å²) in [6.07, 6.45) is -4.71. The van der Waals surface area contributed by atoms with Crippen LogP contribution in [-0.2, 0) is 25.1 Å². The monoisotopic (exact) mass is 427 g/mol. The molecule has 1 aromatic carbocycles. The summed E-state index contributed by atoms with van der Waals surface area (Å²) in [5, 5.41) is 3.55. The number of halogens is 3. The van der Waals surface area contributed by atoms with Gasteiger partial charge in [-0.1, -0.05) is 11.2 Å². The first-order valence-electron chi connectivity index (χ1n) is 8.57. The molecule has 9 nitrogen and oxygen atoms in total. The highest BCUT2D eigenvalue weighted by molar-refractivity contribution is 6.12. The maximum Gasteiger partial charge on any atom is 0.416 e. The van der Waals surface area contributed by atoms with Gasteiger partial charge in [0.05, 0.1) is 11.8 Å². The molecule has 1 atom stereocenters. The number of carbonyl (C=O) groups is 1. The van der Waals surface area contributed by atoms with Crippen LogP contribution in [0, 0.1) is 0 Å². The van der Waals surface area contributed by atoms with E-state index in [2.05, 4.69) is 5.16 Å². The molecule has 2 aromatic rings. The second kappa shape index (κ2) is 8.05. The number of carbonyl (C=O) groups excluding carboxylic acids is 1. The number of aromatic nitrogens is 2. The fraction of sp³-hybridized carbons (Fsp3) is 0.333. The second-order valence-corrected chi connectivity index (χ2v) is 6.25. The average molecular weight is 427 g/mol. The normalized spacial score (nSPS) is 15.9. The highest BCUT2D eigenvalue weighted by Crippen LogP contribution is 2.31. The molecule has 0 N–H and O–H groups in total. The van der Waals surface area contributed by atoms with Crippen molar-refractivity contribution in [1.29, 1.82) is 0 Å². The van der Waals surface area contributed by atoms with Crippen molar-refractivity contribution >= 4 is 12.0 Å². The number of alkyl halides is 3. The molecule has 0 bridgehead atoms. The fourth-order valence-electron chi connectivity index (χ4n) is 2.70. The zero-order chi connectivity index (χ0) is 22.1. The van der Waals surface area contributed by atoms with Gasteiger partial charge in [-0.3, -0.25) is 18.7 Å². The highest BCUT2D eigenvalue weighted by atomic mass is 19.4. The number of hydrogen-bond donors (Lipinski definition) is 0. The van der Waals surface area contributed by atoms with Gasteiger partial charge in [0, 0.05) is 14.1 Å². The summed E-state index contributed by atoms with van der Waals surface area (Å²) in [7, 11) is 2.60. The van der Waals surface area contributed by atoms with Gasteiger partial charge < -0.3 is 14.3 Å². The van der Waals surface area contributed by atoms with Crippen LogP contribution in [0.4, 0.5) is 13.2 Å². The summed E-state index contributed by atoms with van der Waals surface area (Å²) >= 11 is 0. The van der Waals surface area contributed by atoms with E-state index in [9.17, 15) is 27.6 Å². The Balaban J connectivity index is 1.54. The van der Waals surface area contributed by atoms with Crippen molar-refractivity contribution < 1.29 is 32.3 Å². The number of ether oxygens (including phenoxy) is 2. The lowest BCUT2D eigenvalue weighted by molar-refractivity contribution is -0.137. The van der Waals surface area contributed by atoms with Crippen molar-refractivity contribution in [2.45, 2.75) is 12.3 Å². The van der Waals surface area contributed by atoms with Gasteiger partial charge in [-0.15, -0.1) is 0 Å². The van der Waals surface area contributed by atoms with Gasteiger partial charge in [0.25, 0.3) is 5.56 Å². The molecule has 1 aliphatic heterocycles. The first-order chi connectivity index (χ1) is 14.1. The summed E-state index contributed by atoms with van der Waals surface area (Å²) in [6, 6.07) is 4.37. The molecule has 1 aliphatic rings. The first kappa shape index (κ1) is 21.1. The van der Waals surface area contributed by atoms with Crippen LogP contribution in [0.25, 0.3) is 0 Å². The molecule has 30 heavy (non-hydrogen) atoms. The maximum absolute atomic E-state index is 12.7. The van der Waals surface area contributed by atoms with Gasteiger partial charge in [0.1, 0.15) is 17.9 Å². The lowest BCUT2D eigenvalue weighted by Gasteiger charge is -2.09. The topological polar surface area (TPSA) is 101 Å². The number of rotatable bonds is 6. The zero-order valence-electron chi connectivity index (χ0n) is 15.8. The third-order valence-electron chi connectivity index (χ3n) is 4.23. The molecule has 2 heterocycles. The maximum atomic E-state index is 12.7. The Kier molecular flexibility index (Phi) is 5.67. The van der Waals surface area contributed by atoms with Gasteiger partial charge in [-0.25, -0.2) is 4.79 Å². The Labute approximate surface area is 166 Å². The molecular formula is C18H16F3N3O6. The minimum absolute atomic E-state index is 0.0129. The van der Waals surface area contributed by atoms with E-state index in [1.807, 2.05) is 0 Å². The summed E-state index contributed by atoms with van der Waals surface area (Å²) in [5.74, 6) is -0.815. The molecule has 0 saturated heterocycles. The standard InChI is InChI=1S/C18H16F3N3O6/c1-23-15(26)13-14(25)12(30-16(13)24(2)17(23)27)9-22-29-7-6-28-11-5-3-4-10(8-11)18(19,20)21/h3-5,8-9,12H,6-7H2,1-2H3/b22-9-/t12-/m0/s1. The van der Waals surface area contributed by atoms with Gasteiger partial charge in [-0.2, -0.15) is 13.2 Å². The van der Waals surface area contributed by atoms with Crippen LogP contribution >= 0.6 is 0 Å². The summed E-state index contributed by atoms with van der Waals surface area (Å²) in [5.41, 5.74) is -2.52. The second-order valence-electron chi connectivity index (χ2n) is 6.25. The van der Waals surface area contributed by atoms with Crippen LogP contribution in [-0.4, -0.2) is 40.4 Å². The Morgan fingerprint density at radius 3 is 2.60 bits per heavy atom. The molecule has 0 aliphatic carbocycles. The molecule has 12 heteroatoms. The summed E-state index contributed by atoms with van der Waals surface area (Å²) in [6.45, 7) is -0.228. The van der Waals surface area contributed by atoms with Gasteiger partial charge >= 0.3 is 11.9 Å². The number of fused-ring (bicyclic) bond motifs is 1. The molecule has 0 amide bonds. The van der Waals surface area contributed by atoms with Gasteiger partial charge in [0.2, 0.25) is 17.8 Å². The molecule has 0 fully saturated rings. The minimum atomic E-state index is -4.48. The van der Waals surface area contributed by atoms with Gasteiger partial charge in [0.15, 0.2) is 6.61 Å². The van der Waals surface area contributed by atoms with E-state index >= 15 is 0 Å². The van der Waals surface area contributed by atoms with Crippen LogP contribution in [0.2, 0.25) is 0 Å². The van der Waals surface area contributed by atoms with Crippen LogP contribution < -0.4 is 20.7 Å². The summed E-state index contributed by atoms with van der Waals surface area (Å²) < 4.78 is 50.3. The summed E-state index contributed by atoms with van der Waals surface area (Å²) in [4.78, 5) is 41.2. The molecule has 0 saturated carbocycles. The predicted octanol–water partition coefficient (Wildman–Crippen LogP) is 1.13. The van der Waals surface area contributed by atoms with E-state index in [1.165, 1.54) is 26.2 Å². The predicted molar refractivity (Wildman–Crippen MR) is 97.1 cm³/mol. The van der Waals surface area contributed by atoms with E-state index < -0.39 is 34.9 Å². The number of Topliss-reactive ketones (excluding diaryl/α,β-unsaturated/α-hetero) is 1. The minimum Gasteiger partial charge on any atom is -0.490 e. The average Bonchev–Trinajstić information content (AvgIpc) is 3.03. The quantitative estimate of drug-likeness (QED) is 0.389. The van der Waals surface area contributed by atoms with E-state index in [0.29, 0.717) is 0 Å². The van der Waals surface area contributed by atoms with E-state index in [-0.39, 0.29) is 30.4 Å². The van der Waals surface area contributed by atoms with E-state index in [0.717, 1.165) is 27.5 Å². The van der Waals surface area contributed by atoms with E-state index in [1.54, 1.807) is 0 Å². The first-order valence-corrected chi connectivity index (χ1v) is 8.57. The smallest absolute Gasteiger partial charge is 0.416 e. The Bertz CT molecular complexity index is 1120. The number of ketones is 1. The molecule has 3 rings (SSSR count). The zero-order valence-corrected chi connectivity index (χ0v) is 15.8. The number of hydrogen-bond acceptors (Lipinski definition) is 7. The van der Waals surface area contributed by atoms with Crippen molar-refractivity contribution in [2.24, 2.45) is 19.3 Å². The van der Waals surface area contributed by atoms with Crippen molar-refractivity contribution in [3.8, 4) is 11.6 Å². The highest BCUT2D eigenvalue weighted by Gasteiger charge is 2.37. The number of oxime groups is 1. The lowest BCUT2D eigenvalue weighted by atomic mass is 10.1. The third kappa shape index (κ3) is 4.07. The fourth-order valence-corrected chi connectivity index (χ4v) is 2.70. The molecular weight excluding hydrogens is 411 g/mol. The lowest BCUT2D eigenvalue weighted by Crippen LogP contribution is -2.39. The molecule has 1 aromatic heterocycles. The van der Waals surface area contributed by atoms with Crippen molar-refractivity contribution in [1.82, 2.24) is 9.13 Å². The largest absolute Gasteiger partial charge is 0.490 e. The van der Waals surface area contributed by atoms with Crippen molar-refractivity contribution in [3.63, 3.8) is 0 Å². The SMILES string of the molecule is Cn1c2c(c(=O)n(C)c1=O)C(=O)[C@H](/C=N\OCCOc1cccc(C(F)(F)F)c1)O2.